The van der Waals surface area contributed by atoms with Crippen LogP contribution < -0.4 is 4.74 Å². The molecule has 1 aliphatic carbocycles. The summed E-state index contributed by atoms with van der Waals surface area (Å²) in [6.45, 7) is 0.290. The summed E-state index contributed by atoms with van der Waals surface area (Å²) >= 11 is 13.0. The molecule has 0 atom stereocenters. The highest BCUT2D eigenvalue weighted by Crippen LogP contribution is 2.44. The minimum absolute atomic E-state index is 0.290. The van der Waals surface area contributed by atoms with Crippen LogP contribution in [-0.4, -0.2) is 18.2 Å². The van der Waals surface area contributed by atoms with E-state index in [0.717, 1.165) is 51.8 Å². The molecule has 1 aliphatic rings. The normalized spacial score (nSPS) is 13.3. The lowest BCUT2D eigenvalue weighted by molar-refractivity contribution is 0.0603. The molecule has 0 spiro atoms. The third-order valence-corrected chi connectivity index (χ3v) is 7.98. The van der Waals surface area contributed by atoms with Crippen molar-refractivity contribution >= 4 is 39.9 Å². The molecular weight excluding hydrogens is 533 g/mol. The van der Waals surface area contributed by atoms with Crippen LogP contribution >= 0.6 is 23.2 Å². The molecule has 1 fully saturated rings. The fraction of sp³-hybridized carbons (Fsp3) is 0.188. The summed E-state index contributed by atoms with van der Waals surface area (Å²) in [5.41, 5.74) is 4.81. The highest BCUT2D eigenvalue weighted by atomic mass is 35.5. The molecule has 0 bridgehead atoms. The number of hydrogen-bond acceptors (Lipinski definition) is 5. The second kappa shape index (κ2) is 10.8. The van der Waals surface area contributed by atoms with Gasteiger partial charge in [0.25, 0.3) is 0 Å². The predicted molar refractivity (Wildman–Crippen MR) is 154 cm³/mol. The number of halogens is 2. The van der Waals surface area contributed by atoms with Crippen LogP contribution in [0.15, 0.2) is 83.4 Å². The van der Waals surface area contributed by atoms with Crippen LogP contribution in [-0.2, 0) is 11.3 Å². The van der Waals surface area contributed by atoms with Crippen molar-refractivity contribution in [3.63, 3.8) is 0 Å². The van der Waals surface area contributed by atoms with Crippen LogP contribution in [0.25, 0.3) is 33.2 Å². The van der Waals surface area contributed by atoms with E-state index in [1.54, 1.807) is 18.2 Å². The quantitative estimate of drug-likeness (QED) is 0.187. The molecule has 0 unspecified atom stereocenters. The molecule has 5 nitrogen and oxygen atoms in total. The number of rotatable bonds is 7. The summed E-state index contributed by atoms with van der Waals surface area (Å²) in [5.74, 6) is 1.57. The van der Waals surface area contributed by atoms with E-state index < -0.39 is 0 Å². The summed E-state index contributed by atoms with van der Waals surface area (Å²) in [5, 5.41) is 7.25. The van der Waals surface area contributed by atoms with E-state index >= 15 is 0 Å². The zero-order valence-electron chi connectivity index (χ0n) is 21.2. The summed E-state index contributed by atoms with van der Waals surface area (Å²) in [6, 6.07) is 25.0. The van der Waals surface area contributed by atoms with E-state index in [1.807, 2.05) is 54.6 Å². The van der Waals surface area contributed by atoms with Crippen molar-refractivity contribution in [3.05, 3.63) is 106 Å². The molecule has 39 heavy (non-hydrogen) atoms. The molecule has 0 saturated heterocycles. The van der Waals surface area contributed by atoms with Crippen LogP contribution in [0.4, 0.5) is 0 Å². The van der Waals surface area contributed by atoms with Gasteiger partial charge in [0, 0.05) is 11.5 Å². The number of nitrogens with zero attached hydrogens (tertiary/aromatic N) is 1. The molecule has 0 radical (unpaired) electrons. The molecule has 0 N–H and O–H groups in total. The number of benzene rings is 4. The Morgan fingerprint density at radius 2 is 1.67 bits per heavy atom. The van der Waals surface area contributed by atoms with Gasteiger partial charge in [-0.3, -0.25) is 0 Å². The van der Waals surface area contributed by atoms with Gasteiger partial charge < -0.3 is 14.0 Å². The van der Waals surface area contributed by atoms with Gasteiger partial charge in [-0.25, -0.2) is 4.79 Å². The molecule has 4 aromatic carbocycles. The number of aromatic nitrogens is 1. The van der Waals surface area contributed by atoms with E-state index in [-0.39, 0.29) is 12.6 Å². The Kier molecular flexibility index (Phi) is 7.03. The molecule has 5 aromatic rings. The molecule has 1 heterocycles. The number of esters is 1. The summed E-state index contributed by atoms with van der Waals surface area (Å²) in [6.07, 6.45) is 3.31. The maximum Gasteiger partial charge on any atom is 0.338 e. The molecule has 1 aromatic heterocycles. The minimum Gasteiger partial charge on any atom is -0.489 e. The van der Waals surface area contributed by atoms with Crippen LogP contribution in [0.5, 0.6) is 5.75 Å². The third kappa shape index (κ3) is 4.88. The Hall–Kier alpha value is -3.80. The van der Waals surface area contributed by atoms with Gasteiger partial charge in [-0.1, -0.05) is 77.2 Å². The lowest BCUT2D eigenvalue weighted by atomic mass is 9.81. The van der Waals surface area contributed by atoms with Gasteiger partial charge in [0.05, 0.1) is 28.3 Å². The number of carbonyl (C=O) groups excluding carboxylic acids is 1. The SMILES string of the molecule is COC(=O)c1cccc2cc(-c3ccc(OCc4c(-c5c(Cl)cccc5Cl)noc4C4CCC4)cc3)ccc12. The van der Waals surface area contributed by atoms with Gasteiger partial charge in [-0.15, -0.1) is 0 Å². The second-order valence-corrected chi connectivity index (χ2v) is 10.5. The Morgan fingerprint density at radius 1 is 0.949 bits per heavy atom. The van der Waals surface area contributed by atoms with Crippen molar-refractivity contribution in [1.29, 1.82) is 0 Å². The third-order valence-electron chi connectivity index (χ3n) is 7.35. The largest absolute Gasteiger partial charge is 0.489 e. The Balaban J connectivity index is 1.25. The van der Waals surface area contributed by atoms with Gasteiger partial charge in [-0.05, 0) is 71.1 Å². The Bertz CT molecular complexity index is 1650. The van der Waals surface area contributed by atoms with E-state index in [1.165, 1.54) is 13.5 Å². The standard InChI is InChI=1S/C32H25Cl2NO4/c1-37-32(36)25-8-3-7-22-17-21(13-16-24(22)25)19-11-14-23(15-12-19)38-18-26-30(29-27(33)9-4-10-28(29)34)35-39-31(26)20-5-2-6-20/h3-4,7-17,20H,2,5-6,18H2,1H3. The molecule has 0 aliphatic heterocycles. The minimum atomic E-state index is -0.344. The van der Waals surface area contributed by atoms with Crippen LogP contribution in [0, 0.1) is 0 Å². The zero-order chi connectivity index (χ0) is 26.9. The van der Waals surface area contributed by atoms with Crippen molar-refractivity contribution in [3.8, 4) is 28.1 Å². The highest BCUT2D eigenvalue weighted by Gasteiger charge is 2.30. The lowest BCUT2D eigenvalue weighted by Gasteiger charge is -2.23. The first kappa shape index (κ1) is 25.5. The van der Waals surface area contributed by atoms with Gasteiger partial charge in [0.15, 0.2) is 0 Å². The highest BCUT2D eigenvalue weighted by molar-refractivity contribution is 6.39. The number of fused-ring (bicyclic) bond motifs is 1. The topological polar surface area (TPSA) is 61.6 Å². The lowest BCUT2D eigenvalue weighted by Crippen LogP contribution is -2.11. The average Bonchev–Trinajstić information content (AvgIpc) is 3.32. The summed E-state index contributed by atoms with van der Waals surface area (Å²) < 4.78 is 17.0. The molecule has 6 rings (SSSR count). The number of methoxy groups -OCH3 is 1. The Morgan fingerprint density at radius 3 is 2.36 bits per heavy atom. The van der Waals surface area contributed by atoms with E-state index in [9.17, 15) is 4.79 Å². The van der Waals surface area contributed by atoms with Crippen LogP contribution in [0.1, 0.15) is 46.9 Å². The average molecular weight is 558 g/mol. The maximum absolute atomic E-state index is 12.1. The fourth-order valence-electron chi connectivity index (χ4n) is 5.02. The summed E-state index contributed by atoms with van der Waals surface area (Å²) in [7, 11) is 1.39. The van der Waals surface area contributed by atoms with Crippen LogP contribution in [0.3, 0.4) is 0 Å². The number of hydrogen-bond donors (Lipinski definition) is 0. The maximum atomic E-state index is 12.1. The predicted octanol–water partition coefficient (Wildman–Crippen LogP) is 9.10. The smallest absolute Gasteiger partial charge is 0.338 e. The van der Waals surface area contributed by atoms with E-state index in [0.29, 0.717) is 32.8 Å². The first-order chi connectivity index (χ1) is 19.0. The molecule has 1 saturated carbocycles. The molecular formula is C32H25Cl2NO4. The van der Waals surface area contributed by atoms with Gasteiger partial charge in [0.2, 0.25) is 0 Å². The summed E-state index contributed by atoms with van der Waals surface area (Å²) in [4.78, 5) is 12.1. The van der Waals surface area contributed by atoms with Crippen molar-refractivity contribution in [1.82, 2.24) is 5.16 Å². The number of carbonyl (C=O) groups is 1. The Labute approximate surface area is 236 Å². The first-order valence-electron chi connectivity index (χ1n) is 12.8. The van der Waals surface area contributed by atoms with Crippen LogP contribution in [0.2, 0.25) is 10.0 Å². The van der Waals surface area contributed by atoms with E-state index in [2.05, 4.69) is 11.2 Å². The van der Waals surface area contributed by atoms with Gasteiger partial charge in [-0.2, -0.15) is 0 Å². The van der Waals surface area contributed by atoms with Gasteiger partial charge >= 0.3 is 5.97 Å². The van der Waals surface area contributed by atoms with Gasteiger partial charge in [0.1, 0.15) is 23.8 Å². The monoisotopic (exact) mass is 557 g/mol. The van der Waals surface area contributed by atoms with E-state index in [4.69, 9.17) is 37.2 Å². The zero-order valence-corrected chi connectivity index (χ0v) is 22.8. The number of ether oxygens (including phenoxy) is 2. The molecule has 7 heteroatoms. The fourth-order valence-corrected chi connectivity index (χ4v) is 5.60. The van der Waals surface area contributed by atoms with Crippen molar-refractivity contribution < 1.29 is 18.8 Å². The van der Waals surface area contributed by atoms with Crippen molar-refractivity contribution in [2.24, 2.45) is 0 Å². The van der Waals surface area contributed by atoms with Crippen molar-refractivity contribution in [2.75, 3.05) is 7.11 Å². The van der Waals surface area contributed by atoms with Crippen molar-refractivity contribution in [2.45, 2.75) is 31.8 Å². The molecule has 196 valence electrons. The first-order valence-corrected chi connectivity index (χ1v) is 13.6. The molecule has 0 amide bonds. The second-order valence-electron chi connectivity index (χ2n) is 9.64.